The van der Waals surface area contributed by atoms with Gasteiger partial charge in [0.25, 0.3) is 5.91 Å². The second kappa shape index (κ2) is 11.6. The molecule has 1 aliphatic heterocycles. The molecule has 0 aliphatic carbocycles. The molecule has 9 nitrogen and oxygen atoms in total. The van der Waals surface area contributed by atoms with Crippen molar-refractivity contribution in [3.63, 3.8) is 0 Å². The Kier molecular flexibility index (Phi) is 8.05. The molecule has 1 aliphatic rings. The Balaban J connectivity index is 1.40. The molecule has 0 fully saturated rings. The van der Waals surface area contributed by atoms with Gasteiger partial charge in [-0.3, -0.25) is 14.6 Å². The van der Waals surface area contributed by atoms with Crippen molar-refractivity contribution in [1.82, 2.24) is 10.2 Å². The molecule has 0 aromatic heterocycles. The molecule has 2 N–H and O–H groups in total. The summed E-state index contributed by atoms with van der Waals surface area (Å²) < 4.78 is 10.2. The summed E-state index contributed by atoms with van der Waals surface area (Å²) in [4.78, 5) is 40.0. The summed E-state index contributed by atoms with van der Waals surface area (Å²) in [6.07, 6.45) is -1.19. The monoisotopic (exact) mass is 503 g/mol. The lowest BCUT2D eigenvalue weighted by Gasteiger charge is -2.39. The summed E-state index contributed by atoms with van der Waals surface area (Å²) in [7, 11) is 1.64. The van der Waals surface area contributed by atoms with E-state index < -0.39 is 12.2 Å². The highest BCUT2D eigenvalue weighted by atomic mass is 16.6. The van der Waals surface area contributed by atoms with Crippen LogP contribution in [0.4, 0.5) is 10.5 Å². The Bertz CT molecular complexity index is 1260. The van der Waals surface area contributed by atoms with E-state index >= 15 is 0 Å². The van der Waals surface area contributed by atoms with Crippen LogP contribution in [0.25, 0.3) is 0 Å². The van der Waals surface area contributed by atoms with Gasteiger partial charge in [-0.2, -0.15) is 0 Å². The average Bonchev–Trinajstić information content (AvgIpc) is 2.92. The van der Waals surface area contributed by atoms with Gasteiger partial charge in [0.15, 0.2) is 12.8 Å². The summed E-state index contributed by atoms with van der Waals surface area (Å²) in [5.41, 5.74) is 3.13. The first-order chi connectivity index (χ1) is 17.9. The number of nitrogens with one attached hydrogen (secondary N) is 1. The number of ether oxygens (including phenoxy) is 2. The number of fused-ring (bicyclic) bond motifs is 1. The molecule has 3 aromatic rings. The highest BCUT2D eigenvalue weighted by Crippen LogP contribution is 2.36. The maximum atomic E-state index is 12.9. The van der Waals surface area contributed by atoms with E-state index in [1.807, 2.05) is 30.3 Å². The molecule has 3 amide bonds. The number of benzene rings is 3. The van der Waals surface area contributed by atoms with Crippen LogP contribution in [0.2, 0.25) is 0 Å². The third-order valence-electron chi connectivity index (χ3n) is 5.99. The number of aliphatic hydroxyl groups excluding tert-OH is 1. The first kappa shape index (κ1) is 25.7. The van der Waals surface area contributed by atoms with E-state index in [9.17, 15) is 19.5 Å². The van der Waals surface area contributed by atoms with E-state index in [0.717, 1.165) is 11.1 Å². The van der Waals surface area contributed by atoms with Gasteiger partial charge in [-0.1, -0.05) is 42.5 Å². The molecule has 0 bridgehead atoms. The zero-order valence-corrected chi connectivity index (χ0v) is 20.7. The van der Waals surface area contributed by atoms with Gasteiger partial charge in [0.2, 0.25) is 0 Å². The summed E-state index contributed by atoms with van der Waals surface area (Å²) in [5, 5.41) is 13.9. The summed E-state index contributed by atoms with van der Waals surface area (Å²) in [6, 6.07) is 21.0. The normalized spacial score (nSPS) is 14.7. The van der Waals surface area contributed by atoms with Crippen molar-refractivity contribution in [3.05, 3.63) is 95.1 Å². The van der Waals surface area contributed by atoms with Crippen molar-refractivity contribution in [2.24, 2.45) is 0 Å². The van der Waals surface area contributed by atoms with Crippen molar-refractivity contribution in [3.8, 4) is 5.75 Å². The number of anilines is 1. The van der Waals surface area contributed by atoms with Crippen LogP contribution in [0, 0.1) is 0 Å². The third-order valence-corrected chi connectivity index (χ3v) is 5.99. The molecule has 0 spiro atoms. The number of amides is 3. The predicted molar refractivity (Wildman–Crippen MR) is 137 cm³/mol. The largest absolute Gasteiger partial charge is 0.482 e. The van der Waals surface area contributed by atoms with Crippen molar-refractivity contribution in [1.29, 1.82) is 0 Å². The van der Waals surface area contributed by atoms with Crippen LogP contribution >= 0.6 is 0 Å². The molecule has 9 heteroatoms. The zero-order valence-electron chi connectivity index (χ0n) is 20.7. The van der Waals surface area contributed by atoms with Crippen LogP contribution < -0.4 is 15.0 Å². The first-order valence-corrected chi connectivity index (χ1v) is 11.9. The number of rotatable bonds is 9. The van der Waals surface area contributed by atoms with E-state index in [2.05, 4.69) is 5.32 Å². The average molecular weight is 504 g/mol. The van der Waals surface area contributed by atoms with Crippen LogP contribution in [0.3, 0.4) is 0 Å². The van der Waals surface area contributed by atoms with Crippen molar-refractivity contribution in [2.75, 3.05) is 25.2 Å². The minimum Gasteiger partial charge on any atom is -0.482 e. The second-order valence-electron chi connectivity index (χ2n) is 8.52. The van der Waals surface area contributed by atoms with E-state index in [1.165, 1.54) is 9.80 Å². The standard InChI is InChI=1S/C28H29N3O6/c1-3-36-25(32)18-37-22-12-9-19(10-13-22)16-29-26(33)21-11-14-24-23(15-21)27(34)31(28(35)30(24)2)17-20-7-5-4-6-8-20/h4-15,27,34H,3,16-18H2,1-2H3,(H,29,33). The molecule has 1 unspecified atom stereocenters. The van der Waals surface area contributed by atoms with Crippen LogP contribution in [0.1, 0.15) is 40.2 Å². The van der Waals surface area contributed by atoms with Crippen molar-refractivity contribution >= 4 is 23.6 Å². The first-order valence-electron chi connectivity index (χ1n) is 11.9. The fourth-order valence-corrected chi connectivity index (χ4v) is 4.04. The SMILES string of the molecule is CCOC(=O)COc1ccc(CNC(=O)c2ccc3c(c2)C(O)N(Cc2ccccc2)C(=O)N3C)cc1. The molecule has 0 saturated heterocycles. The molecule has 4 rings (SSSR count). The number of hydrogen-bond donors (Lipinski definition) is 2. The molecule has 0 radical (unpaired) electrons. The zero-order chi connectivity index (χ0) is 26.4. The minimum absolute atomic E-state index is 0.169. The molecule has 37 heavy (non-hydrogen) atoms. The molecule has 1 heterocycles. The topological polar surface area (TPSA) is 108 Å². The number of urea groups is 1. The lowest BCUT2D eigenvalue weighted by molar-refractivity contribution is -0.145. The molecular formula is C28H29N3O6. The van der Waals surface area contributed by atoms with E-state index in [-0.39, 0.29) is 31.6 Å². The van der Waals surface area contributed by atoms with Crippen LogP contribution in [-0.2, 0) is 22.6 Å². The molecule has 0 saturated carbocycles. The van der Waals surface area contributed by atoms with Crippen molar-refractivity contribution in [2.45, 2.75) is 26.2 Å². The Hall–Kier alpha value is -4.37. The van der Waals surface area contributed by atoms with Gasteiger partial charge in [0.05, 0.1) is 18.8 Å². The highest BCUT2D eigenvalue weighted by Gasteiger charge is 2.35. The van der Waals surface area contributed by atoms with Gasteiger partial charge >= 0.3 is 12.0 Å². The second-order valence-corrected chi connectivity index (χ2v) is 8.52. The molecule has 192 valence electrons. The van der Waals surface area contributed by atoms with Crippen LogP contribution in [0.15, 0.2) is 72.8 Å². The van der Waals surface area contributed by atoms with Gasteiger partial charge in [-0.15, -0.1) is 0 Å². The summed E-state index contributed by atoms with van der Waals surface area (Å²) >= 11 is 0. The molecular weight excluding hydrogens is 474 g/mol. The summed E-state index contributed by atoms with van der Waals surface area (Å²) in [6.45, 7) is 2.37. The Labute approximate surface area is 215 Å². The van der Waals surface area contributed by atoms with Gasteiger partial charge in [0, 0.05) is 24.7 Å². The number of esters is 1. The predicted octanol–water partition coefficient (Wildman–Crippen LogP) is 3.62. The third kappa shape index (κ3) is 6.07. The lowest BCUT2D eigenvalue weighted by Crippen LogP contribution is -2.47. The maximum Gasteiger partial charge on any atom is 0.344 e. The lowest BCUT2D eigenvalue weighted by atomic mass is 10.0. The molecule has 1 atom stereocenters. The van der Waals surface area contributed by atoms with Gasteiger partial charge < -0.3 is 19.9 Å². The van der Waals surface area contributed by atoms with Crippen LogP contribution in [-0.4, -0.2) is 48.2 Å². The van der Waals surface area contributed by atoms with Gasteiger partial charge in [-0.05, 0) is 48.4 Å². The summed E-state index contributed by atoms with van der Waals surface area (Å²) in [5.74, 6) is -0.231. The smallest absolute Gasteiger partial charge is 0.344 e. The van der Waals surface area contributed by atoms with E-state index in [0.29, 0.717) is 29.2 Å². The van der Waals surface area contributed by atoms with Gasteiger partial charge in [0.1, 0.15) is 5.75 Å². The number of carbonyl (C=O) groups excluding carboxylic acids is 3. The number of nitrogens with zero attached hydrogens (tertiary/aromatic N) is 2. The van der Waals surface area contributed by atoms with Gasteiger partial charge in [-0.25, -0.2) is 9.59 Å². The number of hydrogen-bond acceptors (Lipinski definition) is 6. The quantitative estimate of drug-likeness (QED) is 0.432. The van der Waals surface area contributed by atoms with E-state index in [4.69, 9.17) is 9.47 Å². The highest BCUT2D eigenvalue weighted by molar-refractivity contribution is 5.98. The maximum absolute atomic E-state index is 12.9. The number of aliphatic hydroxyl groups is 1. The fourth-order valence-electron chi connectivity index (χ4n) is 4.04. The minimum atomic E-state index is -1.19. The Morgan fingerprint density at radius 2 is 1.73 bits per heavy atom. The van der Waals surface area contributed by atoms with E-state index in [1.54, 1.807) is 56.4 Å². The molecule has 3 aromatic carbocycles. The number of carbonyl (C=O) groups is 3. The Morgan fingerprint density at radius 1 is 1.00 bits per heavy atom. The van der Waals surface area contributed by atoms with Crippen molar-refractivity contribution < 1.29 is 29.0 Å². The van der Waals surface area contributed by atoms with Crippen LogP contribution in [0.5, 0.6) is 5.75 Å². The Morgan fingerprint density at radius 3 is 2.43 bits per heavy atom. The fraction of sp³-hybridized carbons (Fsp3) is 0.250.